The topological polar surface area (TPSA) is 30.7 Å². The third-order valence-electron chi connectivity index (χ3n) is 3.29. The van der Waals surface area contributed by atoms with Crippen molar-refractivity contribution in [2.45, 2.75) is 19.3 Å². The molecule has 0 aliphatic heterocycles. The molecule has 0 atom stereocenters. The highest BCUT2D eigenvalue weighted by atomic mass is 35.5. The van der Waals surface area contributed by atoms with Crippen LogP contribution in [-0.4, -0.2) is 14.5 Å². The molecule has 5 heteroatoms. The van der Waals surface area contributed by atoms with E-state index in [1.54, 1.807) is 19.3 Å². The van der Waals surface area contributed by atoms with E-state index in [1.165, 1.54) is 6.07 Å². The molecular weight excluding hydrogens is 277 g/mol. The van der Waals surface area contributed by atoms with Gasteiger partial charge in [0.25, 0.3) is 0 Å². The summed E-state index contributed by atoms with van der Waals surface area (Å²) in [6.45, 7) is 2.37. The standard InChI is InChI=1S/C15H13ClFN3/c1-10-5-14-13(6-12(10)17)19-15(7-16)20(14)9-11-3-2-4-18-8-11/h2-6,8H,7,9H2,1H3. The van der Waals surface area contributed by atoms with Crippen LogP contribution in [-0.2, 0) is 12.4 Å². The number of nitrogens with zero attached hydrogens (tertiary/aromatic N) is 3. The Hall–Kier alpha value is -1.94. The summed E-state index contributed by atoms with van der Waals surface area (Å²) < 4.78 is 15.6. The van der Waals surface area contributed by atoms with Crippen molar-refractivity contribution in [2.24, 2.45) is 0 Å². The predicted octanol–water partition coefficient (Wildman–Crippen LogP) is 3.67. The molecule has 0 spiro atoms. The van der Waals surface area contributed by atoms with E-state index in [-0.39, 0.29) is 11.7 Å². The van der Waals surface area contributed by atoms with E-state index in [9.17, 15) is 4.39 Å². The summed E-state index contributed by atoms with van der Waals surface area (Å²) in [6, 6.07) is 7.15. The molecule has 0 aliphatic rings. The molecule has 0 fully saturated rings. The van der Waals surface area contributed by atoms with E-state index in [0.29, 0.717) is 17.6 Å². The third-order valence-corrected chi connectivity index (χ3v) is 3.53. The Bertz CT molecular complexity index is 753. The summed E-state index contributed by atoms with van der Waals surface area (Å²) in [5.74, 6) is 0.774. The first-order valence-electron chi connectivity index (χ1n) is 6.29. The molecule has 0 radical (unpaired) electrons. The van der Waals surface area contributed by atoms with Gasteiger partial charge in [0.15, 0.2) is 0 Å². The average molecular weight is 290 g/mol. The van der Waals surface area contributed by atoms with Gasteiger partial charge in [0.2, 0.25) is 0 Å². The number of benzene rings is 1. The minimum atomic E-state index is -0.246. The van der Waals surface area contributed by atoms with Crippen LogP contribution >= 0.6 is 11.6 Å². The fourth-order valence-electron chi connectivity index (χ4n) is 2.25. The number of aryl methyl sites for hydroxylation is 1. The number of aromatic nitrogens is 3. The maximum absolute atomic E-state index is 13.6. The zero-order valence-electron chi connectivity index (χ0n) is 11.0. The summed E-state index contributed by atoms with van der Waals surface area (Å²) in [4.78, 5) is 8.51. The Balaban J connectivity index is 2.15. The molecule has 0 N–H and O–H groups in total. The molecule has 2 aromatic heterocycles. The third kappa shape index (κ3) is 2.27. The maximum Gasteiger partial charge on any atom is 0.128 e. The van der Waals surface area contributed by atoms with Crippen molar-refractivity contribution in [1.82, 2.24) is 14.5 Å². The van der Waals surface area contributed by atoms with Gasteiger partial charge in [-0.3, -0.25) is 4.98 Å². The zero-order chi connectivity index (χ0) is 14.1. The number of halogens is 2. The van der Waals surface area contributed by atoms with E-state index in [4.69, 9.17) is 11.6 Å². The van der Waals surface area contributed by atoms with Crippen LogP contribution in [0.2, 0.25) is 0 Å². The largest absolute Gasteiger partial charge is 0.322 e. The first-order chi connectivity index (χ1) is 9.69. The fraction of sp³-hybridized carbons (Fsp3) is 0.200. The van der Waals surface area contributed by atoms with Gasteiger partial charge in [-0.2, -0.15) is 0 Å². The van der Waals surface area contributed by atoms with Gasteiger partial charge in [-0.05, 0) is 30.2 Å². The minimum Gasteiger partial charge on any atom is -0.322 e. The van der Waals surface area contributed by atoms with E-state index < -0.39 is 0 Å². The second kappa shape index (κ2) is 5.21. The lowest BCUT2D eigenvalue weighted by Gasteiger charge is -2.08. The highest BCUT2D eigenvalue weighted by Gasteiger charge is 2.12. The Morgan fingerprint density at radius 3 is 2.90 bits per heavy atom. The Labute approximate surface area is 121 Å². The van der Waals surface area contributed by atoms with Crippen LogP contribution in [0.3, 0.4) is 0 Å². The lowest BCUT2D eigenvalue weighted by Crippen LogP contribution is -2.04. The first kappa shape index (κ1) is 13.1. The van der Waals surface area contributed by atoms with Crippen LogP contribution in [0.5, 0.6) is 0 Å². The number of pyridine rings is 1. The second-order valence-corrected chi connectivity index (χ2v) is 4.97. The minimum absolute atomic E-state index is 0.246. The SMILES string of the molecule is Cc1cc2c(cc1F)nc(CCl)n2Cc1cccnc1. The molecule has 20 heavy (non-hydrogen) atoms. The molecule has 0 amide bonds. The fourth-order valence-corrected chi connectivity index (χ4v) is 2.46. The van der Waals surface area contributed by atoms with E-state index in [2.05, 4.69) is 9.97 Å². The molecule has 1 aromatic carbocycles. The molecule has 0 bridgehead atoms. The molecule has 0 saturated carbocycles. The van der Waals surface area contributed by atoms with Crippen LogP contribution in [0.15, 0.2) is 36.7 Å². The molecule has 0 unspecified atom stereocenters. The number of fused-ring (bicyclic) bond motifs is 1. The van der Waals surface area contributed by atoms with Crippen molar-refractivity contribution in [1.29, 1.82) is 0 Å². The smallest absolute Gasteiger partial charge is 0.128 e. The number of hydrogen-bond acceptors (Lipinski definition) is 2. The summed E-state index contributed by atoms with van der Waals surface area (Å²) in [5, 5.41) is 0. The predicted molar refractivity (Wildman–Crippen MR) is 77.3 cm³/mol. The van der Waals surface area contributed by atoms with Crippen LogP contribution < -0.4 is 0 Å². The lowest BCUT2D eigenvalue weighted by atomic mass is 10.2. The van der Waals surface area contributed by atoms with Gasteiger partial charge in [-0.25, -0.2) is 9.37 Å². The molecule has 3 nitrogen and oxygen atoms in total. The molecule has 3 aromatic rings. The van der Waals surface area contributed by atoms with Crippen LogP contribution in [0.1, 0.15) is 17.0 Å². The number of imidazole rings is 1. The van der Waals surface area contributed by atoms with Crippen LogP contribution in [0.25, 0.3) is 11.0 Å². The van der Waals surface area contributed by atoms with Gasteiger partial charge < -0.3 is 4.57 Å². The number of hydrogen-bond donors (Lipinski definition) is 0. The molecule has 102 valence electrons. The van der Waals surface area contributed by atoms with Crippen molar-refractivity contribution in [3.05, 3.63) is 59.4 Å². The molecule has 3 rings (SSSR count). The number of alkyl halides is 1. The van der Waals surface area contributed by atoms with Gasteiger partial charge >= 0.3 is 0 Å². The zero-order valence-corrected chi connectivity index (χ0v) is 11.7. The Morgan fingerprint density at radius 2 is 2.20 bits per heavy atom. The monoisotopic (exact) mass is 289 g/mol. The first-order valence-corrected chi connectivity index (χ1v) is 6.82. The second-order valence-electron chi connectivity index (χ2n) is 4.70. The highest BCUT2D eigenvalue weighted by molar-refractivity contribution is 6.16. The average Bonchev–Trinajstić information content (AvgIpc) is 2.78. The van der Waals surface area contributed by atoms with Crippen molar-refractivity contribution in [3.63, 3.8) is 0 Å². The van der Waals surface area contributed by atoms with Crippen molar-refractivity contribution < 1.29 is 4.39 Å². The Morgan fingerprint density at radius 1 is 1.35 bits per heavy atom. The summed E-state index contributed by atoms with van der Waals surface area (Å²) in [7, 11) is 0. The van der Waals surface area contributed by atoms with Crippen molar-refractivity contribution in [3.8, 4) is 0 Å². The van der Waals surface area contributed by atoms with Gasteiger partial charge in [0, 0.05) is 18.5 Å². The molecule has 0 aliphatic carbocycles. The normalized spacial score (nSPS) is 11.2. The lowest BCUT2D eigenvalue weighted by molar-refractivity contribution is 0.620. The maximum atomic E-state index is 13.6. The molecule has 0 saturated heterocycles. The van der Waals surface area contributed by atoms with Gasteiger partial charge in [-0.1, -0.05) is 6.07 Å². The Kier molecular flexibility index (Phi) is 3.40. The summed E-state index contributed by atoms with van der Waals surface area (Å²) >= 11 is 5.96. The van der Waals surface area contributed by atoms with Crippen LogP contribution in [0.4, 0.5) is 4.39 Å². The van der Waals surface area contributed by atoms with Gasteiger partial charge in [-0.15, -0.1) is 11.6 Å². The quantitative estimate of drug-likeness (QED) is 0.689. The molecule has 2 heterocycles. The number of rotatable bonds is 3. The molecular formula is C15H13ClFN3. The van der Waals surface area contributed by atoms with Crippen LogP contribution in [0, 0.1) is 12.7 Å². The van der Waals surface area contributed by atoms with E-state index in [1.807, 2.05) is 22.8 Å². The van der Waals surface area contributed by atoms with Crippen molar-refractivity contribution >= 4 is 22.6 Å². The van der Waals surface area contributed by atoms with Gasteiger partial charge in [0.1, 0.15) is 11.6 Å². The summed E-state index contributed by atoms with van der Waals surface area (Å²) in [5.41, 5.74) is 3.18. The van der Waals surface area contributed by atoms with Crippen molar-refractivity contribution in [2.75, 3.05) is 0 Å². The highest BCUT2D eigenvalue weighted by Crippen LogP contribution is 2.22. The van der Waals surface area contributed by atoms with E-state index in [0.717, 1.165) is 16.9 Å². The summed E-state index contributed by atoms with van der Waals surface area (Å²) in [6.07, 6.45) is 3.54. The van der Waals surface area contributed by atoms with Gasteiger partial charge in [0.05, 0.1) is 23.5 Å². The van der Waals surface area contributed by atoms with E-state index >= 15 is 0 Å².